The molecule has 0 radical (unpaired) electrons. The van der Waals surface area contributed by atoms with Gasteiger partial charge in [0.25, 0.3) is 0 Å². The highest BCUT2D eigenvalue weighted by atomic mass is 32.1. The van der Waals surface area contributed by atoms with E-state index in [1.54, 1.807) is 0 Å². The first-order valence-corrected chi connectivity index (χ1v) is 16.8. The second-order valence-electron chi connectivity index (χ2n) is 13.4. The summed E-state index contributed by atoms with van der Waals surface area (Å²) in [6, 6.07) is 46.5. The van der Waals surface area contributed by atoms with E-state index in [1.807, 2.05) is 11.3 Å². The van der Waals surface area contributed by atoms with Crippen molar-refractivity contribution in [1.29, 1.82) is 0 Å². The third kappa shape index (κ3) is 4.01. The number of benzene rings is 7. The average molecular weight is 612 g/mol. The van der Waals surface area contributed by atoms with Gasteiger partial charge in [-0.2, -0.15) is 0 Å². The predicted molar refractivity (Wildman–Crippen MR) is 200 cm³/mol. The van der Waals surface area contributed by atoms with Gasteiger partial charge in [0.2, 0.25) is 0 Å². The molecule has 9 rings (SSSR count). The molecule has 0 atom stereocenters. The Morgan fingerprint density at radius 3 is 1.93 bits per heavy atom. The Bertz CT molecular complexity index is 2650. The van der Waals surface area contributed by atoms with E-state index in [-0.39, 0.29) is 5.41 Å². The van der Waals surface area contributed by atoms with Crippen LogP contribution in [0.5, 0.6) is 0 Å². The number of nitrogens with zero attached hydrogens (tertiary/aromatic N) is 1. The van der Waals surface area contributed by atoms with E-state index in [9.17, 15) is 0 Å². The Kier molecular flexibility index (Phi) is 5.88. The quantitative estimate of drug-likeness (QED) is 0.198. The maximum Gasteiger partial charge on any atom is 0.159 e. The minimum absolute atomic E-state index is 0.0452. The minimum atomic E-state index is -0.0452. The van der Waals surface area contributed by atoms with Gasteiger partial charge in [0.15, 0.2) is 5.58 Å². The van der Waals surface area contributed by atoms with Gasteiger partial charge in [-0.05, 0) is 64.4 Å². The maximum atomic E-state index is 6.96. The molecule has 0 aliphatic heterocycles. The highest BCUT2D eigenvalue weighted by molar-refractivity contribution is 7.26. The van der Waals surface area contributed by atoms with Crippen molar-refractivity contribution in [2.75, 3.05) is 4.90 Å². The molecule has 0 fully saturated rings. The zero-order chi connectivity index (χ0) is 31.2. The zero-order valence-electron chi connectivity index (χ0n) is 26.4. The Labute approximate surface area is 272 Å². The van der Waals surface area contributed by atoms with Crippen molar-refractivity contribution in [3.8, 4) is 0 Å². The van der Waals surface area contributed by atoms with Crippen molar-refractivity contribution in [1.82, 2.24) is 0 Å². The van der Waals surface area contributed by atoms with Gasteiger partial charge < -0.3 is 9.32 Å². The van der Waals surface area contributed by atoms with Crippen molar-refractivity contribution >= 4 is 92.1 Å². The van der Waals surface area contributed by atoms with E-state index >= 15 is 0 Å². The van der Waals surface area contributed by atoms with Gasteiger partial charge in [-0.25, -0.2) is 0 Å². The van der Waals surface area contributed by atoms with Gasteiger partial charge in [0.05, 0.1) is 11.4 Å². The number of anilines is 3. The summed E-state index contributed by atoms with van der Waals surface area (Å²) in [5.74, 6) is 0. The van der Waals surface area contributed by atoms with Crippen LogP contribution in [-0.2, 0) is 5.41 Å². The lowest BCUT2D eigenvalue weighted by Crippen LogP contribution is -2.12. The van der Waals surface area contributed by atoms with E-state index in [2.05, 4.69) is 160 Å². The summed E-state index contributed by atoms with van der Waals surface area (Å²) >= 11 is 1.88. The van der Waals surface area contributed by atoms with Crippen LogP contribution >= 0.6 is 11.3 Å². The minimum Gasteiger partial charge on any atom is -0.454 e. The molecule has 0 bridgehead atoms. The Morgan fingerprint density at radius 1 is 0.522 bits per heavy atom. The van der Waals surface area contributed by atoms with Gasteiger partial charge in [0, 0.05) is 47.6 Å². The summed E-state index contributed by atoms with van der Waals surface area (Å²) < 4.78 is 9.55. The molecule has 3 heteroatoms. The summed E-state index contributed by atoms with van der Waals surface area (Å²) in [5, 5.41) is 9.97. The average Bonchev–Trinajstić information content (AvgIpc) is 3.62. The molecule has 9 aromatic rings. The number of furan rings is 1. The van der Waals surface area contributed by atoms with E-state index in [0.29, 0.717) is 0 Å². The third-order valence-corrected chi connectivity index (χ3v) is 10.6. The standard InChI is InChI=1S/C43H33NOS/c1-26-13-5-10-21-35(26)44(36-22-12-19-32-31-18-11-20-34(43(2,3)4)41(31)45-42(32)36)37-25-39-40(30-17-9-8-16-29(30)37)33-23-27-14-6-7-15-28(27)24-38(33)46-39/h5-25H,1-4H3. The van der Waals surface area contributed by atoms with E-state index in [1.165, 1.54) is 52.8 Å². The zero-order valence-corrected chi connectivity index (χ0v) is 27.2. The lowest BCUT2D eigenvalue weighted by molar-refractivity contribution is 0.573. The number of fused-ring (bicyclic) bond motifs is 9. The largest absolute Gasteiger partial charge is 0.454 e. The third-order valence-electron chi connectivity index (χ3n) is 9.47. The first-order chi connectivity index (χ1) is 22.4. The second-order valence-corrected chi connectivity index (χ2v) is 14.5. The van der Waals surface area contributed by atoms with Crippen LogP contribution in [-0.4, -0.2) is 0 Å². The lowest BCUT2D eigenvalue weighted by Gasteiger charge is -2.28. The number of hydrogen-bond donors (Lipinski definition) is 0. The summed E-state index contributed by atoms with van der Waals surface area (Å²) in [5.41, 5.74) is 7.59. The fraction of sp³-hybridized carbons (Fsp3) is 0.116. The Morgan fingerprint density at radius 2 is 1.15 bits per heavy atom. The van der Waals surface area contributed by atoms with E-state index < -0.39 is 0 Å². The monoisotopic (exact) mass is 611 g/mol. The van der Waals surface area contributed by atoms with Crippen molar-refractivity contribution in [2.24, 2.45) is 0 Å². The molecule has 222 valence electrons. The molecule has 0 spiro atoms. The van der Waals surface area contributed by atoms with Crippen LogP contribution in [0.4, 0.5) is 17.1 Å². The summed E-state index contributed by atoms with van der Waals surface area (Å²) in [7, 11) is 0. The number of para-hydroxylation sites is 3. The van der Waals surface area contributed by atoms with Crippen LogP contribution in [0.3, 0.4) is 0 Å². The highest BCUT2D eigenvalue weighted by Gasteiger charge is 2.26. The van der Waals surface area contributed by atoms with Crippen molar-refractivity contribution in [3.05, 3.63) is 139 Å². The molecular weight excluding hydrogens is 579 g/mol. The summed E-state index contributed by atoms with van der Waals surface area (Å²) in [6.07, 6.45) is 0. The van der Waals surface area contributed by atoms with Crippen LogP contribution in [0.1, 0.15) is 31.9 Å². The molecule has 0 N–H and O–H groups in total. The fourth-order valence-corrected chi connectivity index (χ4v) is 8.45. The number of rotatable bonds is 3. The van der Waals surface area contributed by atoms with Gasteiger partial charge in [0.1, 0.15) is 5.58 Å². The van der Waals surface area contributed by atoms with Gasteiger partial charge >= 0.3 is 0 Å². The van der Waals surface area contributed by atoms with Crippen LogP contribution in [0.2, 0.25) is 0 Å². The van der Waals surface area contributed by atoms with E-state index in [4.69, 9.17) is 4.42 Å². The maximum absolute atomic E-state index is 6.96. The SMILES string of the molecule is Cc1ccccc1N(c1cc2sc3cc4ccccc4cc3c2c2ccccc12)c1cccc2c1oc1c(C(C)(C)C)cccc12. The van der Waals surface area contributed by atoms with E-state index in [0.717, 1.165) is 39.0 Å². The molecule has 0 saturated carbocycles. The highest BCUT2D eigenvalue weighted by Crippen LogP contribution is 2.49. The first kappa shape index (κ1) is 27.2. The predicted octanol–water partition coefficient (Wildman–Crippen LogP) is 13.3. The van der Waals surface area contributed by atoms with Crippen molar-refractivity contribution < 1.29 is 4.42 Å². The fourth-order valence-electron chi connectivity index (χ4n) is 7.27. The van der Waals surface area contributed by atoms with Gasteiger partial charge in [-0.15, -0.1) is 11.3 Å². The molecule has 2 nitrogen and oxygen atoms in total. The first-order valence-electron chi connectivity index (χ1n) is 15.9. The molecule has 0 aliphatic rings. The molecule has 0 aliphatic carbocycles. The molecule has 2 aromatic heterocycles. The number of hydrogen-bond acceptors (Lipinski definition) is 3. The van der Waals surface area contributed by atoms with Crippen molar-refractivity contribution in [2.45, 2.75) is 33.1 Å². The van der Waals surface area contributed by atoms with Gasteiger partial charge in [-0.1, -0.05) is 118 Å². The second kappa shape index (κ2) is 9.94. The summed E-state index contributed by atoms with van der Waals surface area (Å²) in [6.45, 7) is 8.96. The molecule has 2 heterocycles. The molecule has 0 amide bonds. The Balaban J connectivity index is 1.40. The number of thiophene rings is 1. The van der Waals surface area contributed by atoms with Crippen LogP contribution in [0, 0.1) is 6.92 Å². The molecule has 7 aromatic carbocycles. The van der Waals surface area contributed by atoms with Crippen LogP contribution in [0.25, 0.3) is 63.7 Å². The molecule has 0 unspecified atom stereocenters. The smallest absolute Gasteiger partial charge is 0.159 e. The van der Waals surface area contributed by atoms with Crippen molar-refractivity contribution in [3.63, 3.8) is 0 Å². The topological polar surface area (TPSA) is 16.4 Å². The van der Waals surface area contributed by atoms with Crippen LogP contribution in [0.15, 0.2) is 132 Å². The molecule has 0 saturated heterocycles. The molecule has 46 heavy (non-hydrogen) atoms. The lowest BCUT2D eigenvalue weighted by atomic mass is 9.86. The van der Waals surface area contributed by atoms with Crippen LogP contribution < -0.4 is 4.90 Å². The Hall–Kier alpha value is -5.12. The summed E-state index contributed by atoms with van der Waals surface area (Å²) in [4.78, 5) is 2.43. The normalized spacial score (nSPS) is 12.3. The number of aryl methyl sites for hydroxylation is 1. The molecular formula is C43H33NOS. The van der Waals surface area contributed by atoms with Gasteiger partial charge in [-0.3, -0.25) is 0 Å².